The molecule has 7 nitrogen and oxygen atoms in total. The van der Waals surface area contributed by atoms with Gasteiger partial charge in [-0.25, -0.2) is 0 Å². The molecule has 3 N–H and O–H groups in total. The average Bonchev–Trinajstić information content (AvgIpc) is 3.26. The first-order chi connectivity index (χ1) is 18.0. The van der Waals surface area contributed by atoms with Gasteiger partial charge in [0, 0.05) is 31.2 Å². The Morgan fingerprint density at radius 1 is 1.11 bits per heavy atom. The van der Waals surface area contributed by atoms with Crippen LogP contribution in [0.15, 0.2) is 66.7 Å². The predicted molar refractivity (Wildman–Crippen MR) is 149 cm³/mol. The number of rotatable bonds is 8. The van der Waals surface area contributed by atoms with Crippen LogP contribution < -0.4 is 15.4 Å². The second kappa shape index (κ2) is 12.0. The van der Waals surface area contributed by atoms with Crippen LogP contribution in [0.25, 0.3) is 0 Å². The van der Waals surface area contributed by atoms with Crippen molar-refractivity contribution < 1.29 is 19.4 Å². The van der Waals surface area contributed by atoms with Crippen LogP contribution in [0.2, 0.25) is 0 Å². The van der Waals surface area contributed by atoms with Crippen LogP contribution in [0.3, 0.4) is 0 Å². The van der Waals surface area contributed by atoms with Crippen molar-refractivity contribution in [2.75, 3.05) is 13.2 Å². The Labute approximate surface area is 229 Å². The maximum Gasteiger partial charge on any atom is 0.255 e. The van der Waals surface area contributed by atoms with Crippen molar-refractivity contribution in [2.45, 2.75) is 51.5 Å². The first-order valence-corrected chi connectivity index (χ1v) is 12.9. The number of nitrogens with one attached hydrogen (secondary N) is 2. The summed E-state index contributed by atoms with van der Waals surface area (Å²) in [5, 5.41) is 17.0. The highest BCUT2D eigenvalue weighted by molar-refractivity contribution is 6.03. The first-order valence-electron chi connectivity index (χ1n) is 12.9. The Bertz CT molecular complexity index is 1300. The molecule has 0 fully saturated rings. The number of fused-ring (bicyclic) bond motifs is 2. The van der Waals surface area contributed by atoms with Crippen LogP contribution >= 0.6 is 12.4 Å². The molecule has 0 saturated heterocycles. The number of carbonyl (C=O) groups excluding carboxylic acids is 2. The Balaban J connectivity index is 0.00000336. The topological polar surface area (TPSA) is 90.9 Å². The number of aliphatic hydroxyl groups excluding tert-OH is 1. The summed E-state index contributed by atoms with van der Waals surface area (Å²) in [6, 6.07) is 21.3. The smallest absolute Gasteiger partial charge is 0.255 e. The molecule has 2 amide bonds. The fourth-order valence-electron chi connectivity index (χ4n) is 5.23. The van der Waals surface area contributed by atoms with Crippen molar-refractivity contribution in [1.82, 2.24) is 15.5 Å². The summed E-state index contributed by atoms with van der Waals surface area (Å²) in [6.45, 7) is 5.44. The SMILES string of the molecule is CCOc1cc2c(cc1C(=O)NCC(O)C1Cc3ccccc3CN1)CN(C(C)c1ccccc1)C2=O.Cl. The summed E-state index contributed by atoms with van der Waals surface area (Å²) in [5.74, 6) is -0.0256. The van der Waals surface area contributed by atoms with Gasteiger partial charge in [-0.05, 0) is 54.7 Å². The van der Waals surface area contributed by atoms with E-state index in [2.05, 4.69) is 22.8 Å². The number of ether oxygens (including phenoxy) is 1. The summed E-state index contributed by atoms with van der Waals surface area (Å²) in [4.78, 5) is 28.3. The molecule has 8 heteroatoms. The molecular weight excluding hydrogens is 502 g/mol. The van der Waals surface area contributed by atoms with E-state index >= 15 is 0 Å². The average molecular weight is 536 g/mol. The Morgan fingerprint density at radius 3 is 2.55 bits per heavy atom. The van der Waals surface area contributed by atoms with Crippen molar-refractivity contribution in [1.29, 1.82) is 0 Å². The molecule has 3 aromatic rings. The van der Waals surface area contributed by atoms with Gasteiger partial charge in [0.2, 0.25) is 0 Å². The lowest BCUT2D eigenvalue weighted by Gasteiger charge is -2.30. The van der Waals surface area contributed by atoms with Crippen molar-refractivity contribution in [3.8, 4) is 5.75 Å². The number of nitrogens with zero attached hydrogens (tertiary/aromatic N) is 1. The number of hydrogen-bond acceptors (Lipinski definition) is 5. The molecule has 0 saturated carbocycles. The van der Waals surface area contributed by atoms with Crippen LogP contribution in [-0.4, -0.2) is 47.1 Å². The van der Waals surface area contributed by atoms with Gasteiger partial charge in [0.1, 0.15) is 5.75 Å². The lowest BCUT2D eigenvalue weighted by Crippen LogP contribution is -2.49. The van der Waals surface area contributed by atoms with E-state index in [-0.39, 0.29) is 42.8 Å². The molecule has 3 atom stereocenters. The number of amides is 2. The second-order valence-electron chi connectivity index (χ2n) is 9.70. The second-order valence-corrected chi connectivity index (χ2v) is 9.70. The van der Waals surface area contributed by atoms with Gasteiger partial charge in [-0.2, -0.15) is 0 Å². The third kappa shape index (κ3) is 5.55. The van der Waals surface area contributed by atoms with E-state index in [0.29, 0.717) is 43.0 Å². The van der Waals surface area contributed by atoms with Gasteiger partial charge in [-0.1, -0.05) is 54.6 Å². The molecule has 0 aromatic heterocycles. The van der Waals surface area contributed by atoms with Crippen molar-refractivity contribution in [3.05, 3.63) is 100 Å². The van der Waals surface area contributed by atoms with E-state index < -0.39 is 6.10 Å². The number of carbonyl (C=O) groups is 2. The lowest BCUT2D eigenvalue weighted by atomic mass is 9.93. The number of benzene rings is 3. The molecule has 2 heterocycles. The maximum atomic E-state index is 13.3. The monoisotopic (exact) mass is 535 g/mol. The number of halogens is 1. The maximum absolute atomic E-state index is 13.3. The lowest BCUT2D eigenvalue weighted by molar-refractivity contribution is 0.0715. The predicted octanol–water partition coefficient (Wildman–Crippen LogP) is 4.03. The van der Waals surface area contributed by atoms with E-state index in [1.165, 1.54) is 11.1 Å². The molecular formula is C30H34ClN3O4. The molecule has 0 aliphatic carbocycles. The molecule has 200 valence electrons. The molecule has 0 bridgehead atoms. The minimum absolute atomic E-state index is 0. The number of hydrogen-bond donors (Lipinski definition) is 3. The van der Waals surface area contributed by atoms with Gasteiger partial charge in [0.25, 0.3) is 11.8 Å². The molecule has 38 heavy (non-hydrogen) atoms. The molecule has 5 rings (SSSR count). The Hall–Kier alpha value is -3.39. The van der Waals surface area contributed by atoms with Crippen LogP contribution in [0.1, 0.15) is 62.9 Å². The Morgan fingerprint density at radius 2 is 1.82 bits per heavy atom. The zero-order valence-electron chi connectivity index (χ0n) is 21.6. The largest absolute Gasteiger partial charge is 0.493 e. The molecule has 2 aliphatic heterocycles. The van der Waals surface area contributed by atoms with Crippen molar-refractivity contribution >= 4 is 24.2 Å². The van der Waals surface area contributed by atoms with Crippen LogP contribution in [0.5, 0.6) is 5.75 Å². The summed E-state index contributed by atoms with van der Waals surface area (Å²) >= 11 is 0. The van der Waals surface area contributed by atoms with Crippen LogP contribution in [-0.2, 0) is 19.5 Å². The summed E-state index contributed by atoms with van der Waals surface area (Å²) in [6.07, 6.45) is -0.0422. The third-order valence-corrected chi connectivity index (χ3v) is 7.38. The van der Waals surface area contributed by atoms with Gasteiger partial charge in [-0.15, -0.1) is 12.4 Å². The summed E-state index contributed by atoms with van der Waals surface area (Å²) in [7, 11) is 0. The van der Waals surface area contributed by atoms with Crippen LogP contribution in [0, 0.1) is 0 Å². The summed E-state index contributed by atoms with van der Waals surface area (Å²) in [5.41, 5.74) is 5.24. The molecule has 3 unspecified atom stereocenters. The van der Waals surface area contributed by atoms with E-state index in [4.69, 9.17) is 4.74 Å². The van der Waals surface area contributed by atoms with Crippen LogP contribution in [0.4, 0.5) is 0 Å². The van der Waals surface area contributed by atoms with Gasteiger partial charge in [0.15, 0.2) is 0 Å². The van der Waals surface area contributed by atoms with Gasteiger partial charge in [0.05, 0.1) is 24.3 Å². The molecule has 2 aliphatic rings. The first kappa shape index (κ1) is 27.6. The van der Waals surface area contributed by atoms with Gasteiger partial charge < -0.3 is 25.4 Å². The van der Waals surface area contributed by atoms with E-state index in [1.54, 1.807) is 12.1 Å². The molecule has 0 spiro atoms. The fourth-order valence-corrected chi connectivity index (χ4v) is 5.23. The zero-order chi connectivity index (χ0) is 25.9. The standard InChI is InChI=1S/C30H33N3O4.ClH/c1-3-37-28-15-24-23(18-33(30(24)36)19(2)20-9-5-4-6-10-20)13-25(28)29(35)32-17-27(34)26-14-21-11-7-8-12-22(21)16-31-26;/h4-13,15,19,26-27,31,34H,3,14,16-18H2,1-2H3,(H,32,35);1H. The quantitative estimate of drug-likeness (QED) is 0.405. The normalized spacial score (nSPS) is 17.6. The highest BCUT2D eigenvalue weighted by Gasteiger charge is 2.34. The highest BCUT2D eigenvalue weighted by atomic mass is 35.5. The molecule has 0 radical (unpaired) electrons. The fraction of sp³-hybridized carbons (Fsp3) is 0.333. The number of aliphatic hydroxyl groups is 1. The summed E-state index contributed by atoms with van der Waals surface area (Å²) < 4.78 is 5.77. The van der Waals surface area contributed by atoms with Crippen molar-refractivity contribution in [3.63, 3.8) is 0 Å². The van der Waals surface area contributed by atoms with E-state index in [0.717, 1.165) is 11.1 Å². The minimum atomic E-state index is -0.744. The van der Waals surface area contributed by atoms with Crippen molar-refractivity contribution in [2.24, 2.45) is 0 Å². The third-order valence-electron chi connectivity index (χ3n) is 7.38. The van der Waals surface area contributed by atoms with Gasteiger partial charge >= 0.3 is 0 Å². The highest BCUT2D eigenvalue weighted by Crippen LogP contribution is 2.35. The van der Waals surface area contributed by atoms with Gasteiger partial charge in [-0.3, -0.25) is 9.59 Å². The van der Waals surface area contributed by atoms with E-state index in [1.807, 2.05) is 61.2 Å². The minimum Gasteiger partial charge on any atom is -0.493 e. The molecule has 3 aromatic carbocycles. The zero-order valence-corrected chi connectivity index (χ0v) is 22.5. The van der Waals surface area contributed by atoms with E-state index in [9.17, 15) is 14.7 Å². The Kier molecular flexibility index (Phi) is 8.72.